The minimum absolute atomic E-state index is 0.111. The molecule has 2 fully saturated rings. The van der Waals surface area contributed by atoms with Crippen molar-refractivity contribution >= 4 is 5.96 Å². The lowest BCUT2D eigenvalue weighted by molar-refractivity contribution is -0.0107. The highest BCUT2D eigenvalue weighted by Gasteiger charge is 2.32. The summed E-state index contributed by atoms with van der Waals surface area (Å²) in [5, 5.41) is 13.2. The molecule has 0 aromatic heterocycles. The van der Waals surface area contributed by atoms with Gasteiger partial charge in [-0.3, -0.25) is 4.99 Å². The van der Waals surface area contributed by atoms with Crippen LogP contribution in [0.15, 0.2) is 4.99 Å². The number of guanidine groups is 1. The zero-order chi connectivity index (χ0) is 17.3. The zero-order valence-electron chi connectivity index (χ0n) is 15.4. The van der Waals surface area contributed by atoms with Crippen LogP contribution in [0, 0.1) is 11.3 Å². The third-order valence-corrected chi connectivity index (χ3v) is 5.36. The summed E-state index contributed by atoms with van der Waals surface area (Å²) in [5.74, 6) is 1.72. The van der Waals surface area contributed by atoms with Gasteiger partial charge in [-0.2, -0.15) is 0 Å². The van der Waals surface area contributed by atoms with Gasteiger partial charge in [0.2, 0.25) is 0 Å². The largest absolute Gasteiger partial charge is 0.396 e. The van der Waals surface area contributed by atoms with Crippen LogP contribution in [0.4, 0.5) is 0 Å². The Labute approximate surface area is 146 Å². The molecule has 2 N–H and O–H groups in total. The van der Waals surface area contributed by atoms with Gasteiger partial charge in [-0.15, -0.1) is 0 Å². The van der Waals surface area contributed by atoms with Crippen molar-refractivity contribution in [3.63, 3.8) is 0 Å². The van der Waals surface area contributed by atoms with E-state index in [2.05, 4.69) is 24.2 Å². The fraction of sp³-hybridized carbons (Fsp3) is 0.944. The van der Waals surface area contributed by atoms with Crippen LogP contribution in [0.1, 0.15) is 39.0 Å². The highest BCUT2D eigenvalue weighted by atomic mass is 16.5. The third-order valence-electron chi connectivity index (χ3n) is 5.36. The number of aliphatic hydroxyl groups is 1. The summed E-state index contributed by atoms with van der Waals surface area (Å²) in [6.07, 6.45) is 5.31. The van der Waals surface area contributed by atoms with Crippen LogP contribution < -0.4 is 5.32 Å². The van der Waals surface area contributed by atoms with E-state index in [1.807, 2.05) is 0 Å². The molecule has 0 saturated carbocycles. The summed E-state index contributed by atoms with van der Waals surface area (Å²) in [6.45, 7) is 8.08. The molecule has 2 heterocycles. The lowest BCUT2D eigenvalue weighted by Gasteiger charge is -2.34. The first kappa shape index (κ1) is 19.5. The molecule has 0 aliphatic carbocycles. The summed E-state index contributed by atoms with van der Waals surface area (Å²) < 4.78 is 10.9. The van der Waals surface area contributed by atoms with Gasteiger partial charge in [0.25, 0.3) is 0 Å². The van der Waals surface area contributed by atoms with Gasteiger partial charge >= 0.3 is 0 Å². The lowest BCUT2D eigenvalue weighted by Crippen LogP contribution is -2.42. The van der Waals surface area contributed by atoms with E-state index in [0.717, 1.165) is 64.2 Å². The molecule has 0 spiro atoms. The Balaban J connectivity index is 1.88. The number of aliphatic imine (C=N–C) groups is 1. The van der Waals surface area contributed by atoms with Gasteiger partial charge in [0, 0.05) is 52.0 Å². The molecule has 2 rings (SSSR count). The van der Waals surface area contributed by atoms with Crippen LogP contribution in [0.25, 0.3) is 0 Å². The van der Waals surface area contributed by atoms with Gasteiger partial charge in [-0.1, -0.05) is 0 Å². The van der Waals surface area contributed by atoms with Gasteiger partial charge in [0.1, 0.15) is 0 Å². The van der Waals surface area contributed by atoms with Crippen LogP contribution in [-0.2, 0) is 9.47 Å². The van der Waals surface area contributed by atoms with Gasteiger partial charge in [0.15, 0.2) is 5.96 Å². The number of nitrogens with zero attached hydrogens (tertiary/aromatic N) is 2. The molecule has 0 aromatic rings. The molecule has 2 aliphatic heterocycles. The van der Waals surface area contributed by atoms with Crippen molar-refractivity contribution < 1.29 is 14.6 Å². The molecule has 0 atom stereocenters. The van der Waals surface area contributed by atoms with Gasteiger partial charge < -0.3 is 24.8 Å². The minimum Gasteiger partial charge on any atom is -0.396 e. The predicted octanol–water partition coefficient (Wildman–Crippen LogP) is 1.49. The smallest absolute Gasteiger partial charge is 0.193 e. The summed E-state index contributed by atoms with van der Waals surface area (Å²) >= 11 is 0. The van der Waals surface area contributed by atoms with Crippen molar-refractivity contribution in [3.8, 4) is 0 Å². The number of aliphatic hydroxyl groups excluding tert-OH is 1. The molecule has 6 nitrogen and oxygen atoms in total. The average Bonchev–Trinajstić information content (AvgIpc) is 2.64. The summed E-state index contributed by atoms with van der Waals surface area (Å²) in [6, 6.07) is 0. The van der Waals surface area contributed by atoms with E-state index in [1.54, 1.807) is 0 Å². The maximum absolute atomic E-state index is 9.83. The van der Waals surface area contributed by atoms with Crippen LogP contribution in [0.2, 0.25) is 0 Å². The molecular formula is C18H35N3O3. The van der Waals surface area contributed by atoms with Crippen molar-refractivity contribution in [3.05, 3.63) is 0 Å². The number of hydrogen-bond acceptors (Lipinski definition) is 4. The van der Waals surface area contributed by atoms with E-state index < -0.39 is 0 Å². The van der Waals surface area contributed by atoms with Crippen LogP contribution in [0.3, 0.4) is 0 Å². The first-order valence-electron chi connectivity index (χ1n) is 9.45. The van der Waals surface area contributed by atoms with Crippen LogP contribution in [-0.4, -0.2) is 75.7 Å². The Morgan fingerprint density at radius 2 is 1.88 bits per heavy atom. The first-order valence-corrected chi connectivity index (χ1v) is 9.45. The van der Waals surface area contributed by atoms with E-state index in [0.29, 0.717) is 6.54 Å². The molecule has 0 radical (unpaired) electrons. The van der Waals surface area contributed by atoms with E-state index in [1.165, 1.54) is 19.3 Å². The van der Waals surface area contributed by atoms with Crippen molar-refractivity contribution in [1.82, 2.24) is 10.2 Å². The number of rotatable bonds is 7. The van der Waals surface area contributed by atoms with Gasteiger partial charge in [-0.05, 0) is 44.9 Å². The summed E-state index contributed by atoms with van der Waals surface area (Å²) in [5.41, 5.74) is -0.111. The molecule has 2 saturated heterocycles. The fourth-order valence-corrected chi connectivity index (χ4v) is 3.40. The second kappa shape index (κ2) is 10.2. The summed E-state index contributed by atoms with van der Waals surface area (Å²) in [7, 11) is 2.11. The predicted molar refractivity (Wildman–Crippen MR) is 96.3 cm³/mol. The van der Waals surface area contributed by atoms with E-state index in [4.69, 9.17) is 14.5 Å². The van der Waals surface area contributed by atoms with Crippen molar-refractivity contribution in [1.29, 1.82) is 0 Å². The van der Waals surface area contributed by atoms with Crippen molar-refractivity contribution in [2.45, 2.75) is 39.0 Å². The fourth-order valence-electron chi connectivity index (χ4n) is 3.40. The Hall–Kier alpha value is -0.850. The topological polar surface area (TPSA) is 66.3 Å². The van der Waals surface area contributed by atoms with E-state index in [9.17, 15) is 5.11 Å². The molecular weight excluding hydrogens is 306 g/mol. The number of nitrogens with one attached hydrogen (secondary N) is 1. The standard InChI is InChI=1S/C18H35N3O3/c1-3-19-17(20-14-18(15-22)7-12-24-13-8-18)21(2)9-4-16-5-10-23-11-6-16/h16,22H,3-15H2,1-2H3,(H,19,20). The second-order valence-corrected chi connectivity index (χ2v) is 7.21. The monoisotopic (exact) mass is 341 g/mol. The minimum atomic E-state index is -0.111. The van der Waals surface area contributed by atoms with Crippen LogP contribution >= 0.6 is 0 Å². The number of ether oxygens (including phenoxy) is 2. The van der Waals surface area contributed by atoms with E-state index in [-0.39, 0.29) is 12.0 Å². The van der Waals surface area contributed by atoms with Gasteiger partial charge in [-0.25, -0.2) is 0 Å². The molecule has 0 unspecified atom stereocenters. The van der Waals surface area contributed by atoms with E-state index >= 15 is 0 Å². The number of hydrogen-bond donors (Lipinski definition) is 2. The third kappa shape index (κ3) is 5.90. The summed E-state index contributed by atoms with van der Waals surface area (Å²) in [4.78, 5) is 7.06. The zero-order valence-corrected chi connectivity index (χ0v) is 15.4. The molecule has 0 amide bonds. The Morgan fingerprint density at radius 3 is 2.50 bits per heavy atom. The molecule has 2 aliphatic rings. The SMILES string of the molecule is CCNC(=NCC1(CO)CCOCC1)N(C)CCC1CCOCC1. The quantitative estimate of drug-likeness (QED) is 0.542. The molecule has 6 heteroatoms. The Kier molecular flexibility index (Phi) is 8.29. The lowest BCUT2D eigenvalue weighted by atomic mass is 9.81. The second-order valence-electron chi connectivity index (χ2n) is 7.21. The molecule has 140 valence electrons. The normalized spacial score (nSPS) is 22.4. The Morgan fingerprint density at radius 1 is 1.21 bits per heavy atom. The molecule has 0 bridgehead atoms. The first-order chi connectivity index (χ1) is 11.7. The highest BCUT2D eigenvalue weighted by molar-refractivity contribution is 5.79. The maximum Gasteiger partial charge on any atom is 0.193 e. The van der Waals surface area contributed by atoms with Crippen molar-refractivity contribution in [2.24, 2.45) is 16.3 Å². The van der Waals surface area contributed by atoms with Crippen molar-refractivity contribution in [2.75, 3.05) is 59.7 Å². The molecule has 24 heavy (non-hydrogen) atoms. The van der Waals surface area contributed by atoms with Gasteiger partial charge in [0.05, 0.1) is 13.2 Å². The average molecular weight is 341 g/mol. The maximum atomic E-state index is 9.83. The molecule has 0 aromatic carbocycles. The Bertz CT molecular complexity index is 378. The van der Waals surface area contributed by atoms with Crippen LogP contribution in [0.5, 0.6) is 0 Å². The highest BCUT2D eigenvalue weighted by Crippen LogP contribution is 2.30.